The second kappa shape index (κ2) is 8.06. The predicted molar refractivity (Wildman–Crippen MR) is 90.8 cm³/mol. The highest BCUT2D eigenvalue weighted by atomic mass is 14.7. The van der Waals surface area contributed by atoms with Gasteiger partial charge < -0.3 is 4.98 Å². The zero-order valence-corrected chi connectivity index (χ0v) is 13.8. The van der Waals surface area contributed by atoms with Crippen LogP contribution in [0.3, 0.4) is 0 Å². The Morgan fingerprint density at radius 1 is 0.714 bits per heavy atom. The van der Waals surface area contributed by atoms with Crippen molar-refractivity contribution in [3.63, 3.8) is 0 Å². The summed E-state index contributed by atoms with van der Waals surface area (Å²) in [6, 6.07) is 0. The Hall–Kier alpha value is -0.720. The number of hydrogen-bond donors (Lipinski definition) is 1. The minimum atomic E-state index is 0.953. The van der Waals surface area contributed by atoms with Gasteiger partial charge in [-0.05, 0) is 49.1 Å². The topological polar surface area (TPSA) is 15.8 Å². The van der Waals surface area contributed by atoms with Crippen LogP contribution in [-0.4, -0.2) is 4.98 Å². The number of aryl methyl sites for hydroxylation is 2. The second-order valence-electron chi connectivity index (χ2n) is 7.45. The Balaban J connectivity index is 1.81. The molecule has 0 saturated heterocycles. The lowest BCUT2D eigenvalue weighted by Gasteiger charge is -2.18. The van der Waals surface area contributed by atoms with E-state index in [9.17, 15) is 0 Å². The first kappa shape index (κ1) is 15.2. The van der Waals surface area contributed by atoms with Gasteiger partial charge in [0.1, 0.15) is 0 Å². The van der Waals surface area contributed by atoms with Crippen molar-refractivity contribution in [2.45, 2.75) is 96.3 Å². The van der Waals surface area contributed by atoms with Gasteiger partial charge in [0.25, 0.3) is 0 Å². The van der Waals surface area contributed by atoms with Crippen molar-refractivity contribution >= 4 is 0 Å². The van der Waals surface area contributed by atoms with Gasteiger partial charge in [-0.1, -0.05) is 64.2 Å². The number of hydrogen-bond acceptors (Lipinski definition) is 0. The molecule has 2 aliphatic carbocycles. The Kier molecular flexibility index (Phi) is 5.83. The molecule has 0 saturated carbocycles. The van der Waals surface area contributed by atoms with Gasteiger partial charge in [0.05, 0.1) is 0 Å². The molecule has 0 aromatic carbocycles. The molecule has 1 heteroatoms. The van der Waals surface area contributed by atoms with Crippen molar-refractivity contribution < 1.29 is 0 Å². The molecule has 118 valence electrons. The van der Waals surface area contributed by atoms with Crippen LogP contribution in [0.5, 0.6) is 0 Å². The van der Waals surface area contributed by atoms with E-state index in [1.165, 1.54) is 96.3 Å². The Morgan fingerprint density at radius 2 is 1.33 bits per heavy atom. The third-order valence-corrected chi connectivity index (χ3v) is 5.76. The van der Waals surface area contributed by atoms with Crippen LogP contribution < -0.4 is 0 Å². The van der Waals surface area contributed by atoms with Crippen LogP contribution in [0.2, 0.25) is 0 Å². The van der Waals surface area contributed by atoms with E-state index in [0.29, 0.717) is 0 Å². The number of aromatic nitrogens is 1. The molecule has 0 spiro atoms. The Bertz CT molecular complexity index is 382. The summed E-state index contributed by atoms with van der Waals surface area (Å²) in [6.07, 6.45) is 23.7. The summed E-state index contributed by atoms with van der Waals surface area (Å²) in [4.78, 5) is 3.65. The van der Waals surface area contributed by atoms with Crippen molar-refractivity contribution in [1.29, 1.82) is 0 Å². The highest BCUT2D eigenvalue weighted by Gasteiger charge is 2.18. The third kappa shape index (κ3) is 4.37. The monoisotopic (exact) mass is 287 g/mol. The molecule has 1 N–H and O–H groups in total. The van der Waals surface area contributed by atoms with E-state index >= 15 is 0 Å². The molecule has 1 aromatic rings. The van der Waals surface area contributed by atoms with Crippen LogP contribution in [0.25, 0.3) is 0 Å². The Labute approximate surface area is 130 Å². The van der Waals surface area contributed by atoms with Crippen molar-refractivity contribution in [3.05, 3.63) is 23.0 Å². The maximum Gasteiger partial charge on any atom is 0.0182 e. The van der Waals surface area contributed by atoms with E-state index in [4.69, 9.17) is 0 Å². The zero-order valence-electron chi connectivity index (χ0n) is 13.8. The SMILES string of the molecule is c1[nH]c2c3c1CCCCCCCC(CCCCCCC2)C3. The van der Waals surface area contributed by atoms with Crippen molar-refractivity contribution in [3.8, 4) is 0 Å². The average molecular weight is 287 g/mol. The molecule has 0 fully saturated rings. The van der Waals surface area contributed by atoms with Crippen LogP contribution in [0.4, 0.5) is 0 Å². The molecule has 0 amide bonds. The number of fused-ring (bicyclic) bond motifs is 1. The summed E-state index contributed by atoms with van der Waals surface area (Å²) in [5, 5.41) is 0. The van der Waals surface area contributed by atoms with Crippen LogP contribution in [0.15, 0.2) is 6.20 Å². The molecule has 2 bridgehead atoms. The summed E-state index contributed by atoms with van der Waals surface area (Å²) in [5.41, 5.74) is 5.00. The molecule has 1 atom stereocenters. The number of H-pyrrole nitrogens is 1. The molecule has 1 nitrogen and oxygen atoms in total. The Morgan fingerprint density at radius 3 is 2.10 bits per heavy atom. The minimum absolute atomic E-state index is 0.953. The largest absolute Gasteiger partial charge is 0.364 e. The van der Waals surface area contributed by atoms with Gasteiger partial charge in [-0.3, -0.25) is 0 Å². The average Bonchev–Trinajstić information content (AvgIpc) is 2.83. The van der Waals surface area contributed by atoms with Gasteiger partial charge in [0.15, 0.2) is 0 Å². The molecule has 0 radical (unpaired) electrons. The van der Waals surface area contributed by atoms with Crippen molar-refractivity contribution in [1.82, 2.24) is 4.98 Å². The molecular formula is C20H33N. The zero-order chi connectivity index (χ0) is 14.3. The summed E-state index contributed by atoms with van der Waals surface area (Å²) in [7, 11) is 0. The molecule has 1 unspecified atom stereocenters. The third-order valence-electron chi connectivity index (χ3n) is 5.76. The van der Waals surface area contributed by atoms with E-state index < -0.39 is 0 Å². The van der Waals surface area contributed by atoms with Gasteiger partial charge in [-0.25, -0.2) is 0 Å². The van der Waals surface area contributed by atoms with E-state index in [1.807, 2.05) is 0 Å². The summed E-state index contributed by atoms with van der Waals surface area (Å²) in [6.45, 7) is 0. The van der Waals surface area contributed by atoms with Gasteiger partial charge in [0, 0.05) is 11.9 Å². The standard InChI is InChI=1S/C20H33N/c1-3-7-11-17-12-8-4-2-6-10-14-20-19(15-17)18(16-21-20)13-9-5-1/h16-17,21H,1-15H2. The fourth-order valence-electron chi connectivity index (χ4n) is 4.42. The molecule has 0 aliphatic heterocycles. The summed E-state index contributed by atoms with van der Waals surface area (Å²) in [5.74, 6) is 0.953. The highest BCUT2D eigenvalue weighted by Crippen LogP contribution is 2.29. The first-order valence-electron chi connectivity index (χ1n) is 9.61. The van der Waals surface area contributed by atoms with Crippen LogP contribution in [0, 0.1) is 5.92 Å². The van der Waals surface area contributed by atoms with Crippen LogP contribution >= 0.6 is 0 Å². The lowest BCUT2D eigenvalue weighted by Crippen LogP contribution is -2.07. The summed E-state index contributed by atoms with van der Waals surface area (Å²) >= 11 is 0. The first-order chi connectivity index (χ1) is 10.4. The predicted octanol–water partition coefficient (Wildman–Crippen LogP) is 5.97. The minimum Gasteiger partial charge on any atom is -0.364 e. The lowest BCUT2D eigenvalue weighted by molar-refractivity contribution is 0.404. The van der Waals surface area contributed by atoms with E-state index in [1.54, 1.807) is 16.8 Å². The molecule has 1 aromatic heterocycles. The smallest absolute Gasteiger partial charge is 0.0182 e. The molecule has 21 heavy (non-hydrogen) atoms. The second-order valence-corrected chi connectivity index (χ2v) is 7.45. The quantitative estimate of drug-likeness (QED) is 0.605. The molecule has 1 heterocycles. The lowest BCUT2D eigenvalue weighted by atomic mass is 9.88. The fourth-order valence-corrected chi connectivity index (χ4v) is 4.42. The molecule has 2 aliphatic rings. The maximum atomic E-state index is 3.65. The van der Waals surface area contributed by atoms with E-state index in [0.717, 1.165) is 5.92 Å². The van der Waals surface area contributed by atoms with Crippen molar-refractivity contribution in [2.24, 2.45) is 5.92 Å². The number of aromatic amines is 1. The van der Waals surface area contributed by atoms with Gasteiger partial charge in [-0.2, -0.15) is 0 Å². The number of nitrogens with one attached hydrogen (secondary N) is 1. The first-order valence-corrected chi connectivity index (χ1v) is 9.61. The van der Waals surface area contributed by atoms with Gasteiger partial charge in [-0.15, -0.1) is 0 Å². The van der Waals surface area contributed by atoms with Crippen LogP contribution in [-0.2, 0) is 19.3 Å². The van der Waals surface area contributed by atoms with Crippen LogP contribution in [0.1, 0.15) is 93.9 Å². The van der Waals surface area contributed by atoms with E-state index in [2.05, 4.69) is 11.2 Å². The highest BCUT2D eigenvalue weighted by molar-refractivity contribution is 5.32. The maximum absolute atomic E-state index is 3.65. The molecule has 3 rings (SSSR count). The fraction of sp³-hybridized carbons (Fsp3) is 0.800. The van der Waals surface area contributed by atoms with Gasteiger partial charge >= 0.3 is 0 Å². The molecular weight excluding hydrogens is 254 g/mol. The van der Waals surface area contributed by atoms with Crippen molar-refractivity contribution in [2.75, 3.05) is 0 Å². The summed E-state index contributed by atoms with van der Waals surface area (Å²) < 4.78 is 0. The number of rotatable bonds is 0. The normalized spacial score (nSPS) is 25.6. The van der Waals surface area contributed by atoms with E-state index in [-0.39, 0.29) is 0 Å². The van der Waals surface area contributed by atoms with Gasteiger partial charge in [0.2, 0.25) is 0 Å².